The summed E-state index contributed by atoms with van der Waals surface area (Å²) in [5.74, 6) is 0.812. The molecular weight excluding hydrogens is 304 g/mol. The molecule has 0 aliphatic rings. The van der Waals surface area contributed by atoms with Crippen LogP contribution in [0.15, 0.2) is 42.2 Å². The van der Waals surface area contributed by atoms with Gasteiger partial charge in [0.05, 0.1) is 6.10 Å². The lowest BCUT2D eigenvalue weighted by molar-refractivity contribution is -0.144. The Morgan fingerprint density at radius 3 is 2.09 bits per heavy atom. The van der Waals surface area contributed by atoms with E-state index in [1.807, 2.05) is 38.1 Å². The van der Waals surface area contributed by atoms with Crippen LogP contribution in [0.2, 0.25) is 18.1 Å². The van der Waals surface area contributed by atoms with Crippen LogP contribution in [0.25, 0.3) is 0 Å². The molecule has 2 atom stereocenters. The Hall–Kier alpha value is -1.10. The van der Waals surface area contributed by atoms with E-state index in [1.54, 1.807) is 7.11 Å². The Morgan fingerprint density at radius 1 is 1.09 bits per heavy atom. The van der Waals surface area contributed by atoms with E-state index in [2.05, 4.69) is 32.9 Å². The molecule has 0 amide bonds. The van der Waals surface area contributed by atoms with Gasteiger partial charge in [0.1, 0.15) is 5.76 Å². The van der Waals surface area contributed by atoms with E-state index in [0.717, 1.165) is 29.5 Å². The summed E-state index contributed by atoms with van der Waals surface area (Å²) < 4.78 is 18.2. The number of methoxy groups -OCH3 is 1. The first-order valence-corrected chi connectivity index (χ1v) is 11.2. The Bertz CT molecular complexity index is 460. The van der Waals surface area contributed by atoms with E-state index >= 15 is 0 Å². The molecule has 3 nitrogen and oxygen atoms in total. The third kappa shape index (κ3) is 5.48. The van der Waals surface area contributed by atoms with Crippen LogP contribution in [0.4, 0.5) is 0 Å². The maximum Gasteiger partial charge on any atom is 0.250 e. The fourth-order valence-corrected chi connectivity index (χ4v) is 5.33. The molecule has 1 aromatic carbocycles. The zero-order chi connectivity index (χ0) is 17.3. The average molecular weight is 337 g/mol. The molecule has 0 spiro atoms. The third-order valence-electron chi connectivity index (χ3n) is 4.59. The highest BCUT2D eigenvalue weighted by Gasteiger charge is 2.33. The van der Waals surface area contributed by atoms with E-state index in [0.29, 0.717) is 0 Å². The van der Waals surface area contributed by atoms with Gasteiger partial charge in [-0.05, 0) is 43.6 Å². The molecule has 23 heavy (non-hydrogen) atoms. The molecule has 0 aliphatic carbocycles. The summed E-state index contributed by atoms with van der Waals surface area (Å²) in [6, 6.07) is 13.5. The molecule has 0 heterocycles. The van der Waals surface area contributed by atoms with Gasteiger partial charge in [-0.25, -0.2) is 0 Å². The number of hydrogen-bond donors (Lipinski definition) is 0. The molecule has 1 rings (SSSR count). The van der Waals surface area contributed by atoms with E-state index in [4.69, 9.17) is 13.9 Å². The normalized spacial score (nSPS) is 15.3. The summed E-state index contributed by atoms with van der Waals surface area (Å²) in [6.07, 6.45) is 1.46. The molecule has 0 N–H and O–H groups in total. The fourth-order valence-electron chi connectivity index (χ4n) is 2.69. The van der Waals surface area contributed by atoms with Crippen LogP contribution in [0.5, 0.6) is 0 Å². The van der Waals surface area contributed by atoms with Gasteiger partial charge in [-0.1, -0.05) is 51.1 Å². The topological polar surface area (TPSA) is 27.7 Å². The molecule has 0 aliphatic heterocycles. The van der Waals surface area contributed by atoms with Crippen LogP contribution in [-0.4, -0.2) is 21.7 Å². The molecule has 0 fully saturated rings. The van der Waals surface area contributed by atoms with Gasteiger partial charge in [-0.15, -0.1) is 0 Å². The van der Waals surface area contributed by atoms with Crippen molar-refractivity contribution in [1.29, 1.82) is 0 Å². The van der Waals surface area contributed by atoms with Gasteiger partial charge in [-0.2, -0.15) is 0 Å². The summed E-state index contributed by atoms with van der Waals surface area (Å²) in [7, 11) is -0.0701. The number of allylic oxidation sites excluding steroid dienone is 1. The molecule has 2 unspecified atom stereocenters. The number of ether oxygens (including phenoxy) is 2. The highest BCUT2D eigenvalue weighted by Crippen LogP contribution is 2.29. The third-order valence-corrected chi connectivity index (χ3v) is 9.13. The van der Waals surface area contributed by atoms with Crippen LogP contribution in [0, 0.1) is 0 Å². The Morgan fingerprint density at radius 2 is 1.65 bits per heavy atom. The van der Waals surface area contributed by atoms with Gasteiger partial charge in [0.25, 0.3) is 0 Å². The van der Waals surface area contributed by atoms with Gasteiger partial charge in [0, 0.05) is 7.11 Å². The summed E-state index contributed by atoms with van der Waals surface area (Å²) in [4.78, 5) is 0. The van der Waals surface area contributed by atoms with Crippen molar-refractivity contribution in [1.82, 2.24) is 0 Å². The summed E-state index contributed by atoms with van der Waals surface area (Å²) in [5, 5.41) is 0. The van der Waals surface area contributed by atoms with Crippen LogP contribution >= 0.6 is 0 Å². The number of rotatable bonds is 10. The second-order valence-corrected chi connectivity index (χ2v) is 10.5. The van der Waals surface area contributed by atoms with Crippen LogP contribution in [0.3, 0.4) is 0 Å². The van der Waals surface area contributed by atoms with Gasteiger partial charge >= 0.3 is 0 Å². The van der Waals surface area contributed by atoms with Crippen molar-refractivity contribution in [3.63, 3.8) is 0 Å². The van der Waals surface area contributed by atoms with Gasteiger partial charge in [0.2, 0.25) is 14.6 Å². The van der Waals surface area contributed by atoms with Crippen molar-refractivity contribution in [2.45, 2.75) is 65.1 Å². The SMILES string of the molecule is C/C=C(\O[Si](CC)(CC)CC)C(OC)OC(C)c1ccccc1. The lowest BCUT2D eigenvalue weighted by atomic mass is 10.1. The molecule has 1 aromatic rings. The number of hydrogen-bond acceptors (Lipinski definition) is 3. The summed E-state index contributed by atoms with van der Waals surface area (Å²) >= 11 is 0. The standard InChI is InChI=1S/C19H32O3Si/c1-7-18(22-23(8-2,9-3)10-4)19(20-6)21-16(5)17-14-12-11-13-15-17/h7,11-16,19H,8-10H2,1-6H3/b18-7-. The largest absolute Gasteiger partial charge is 0.543 e. The second-order valence-electron chi connectivity index (χ2n) is 5.79. The minimum Gasteiger partial charge on any atom is -0.543 e. The molecule has 4 heteroatoms. The van der Waals surface area contributed by atoms with Crippen molar-refractivity contribution < 1.29 is 13.9 Å². The van der Waals surface area contributed by atoms with Crippen molar-refractivity contribution in [2.75, 3.05) is 7.11 Å². The van der Waals surface area contributed by atoms with Crippen molar-refractivity contribution in [3.05, 3.63) is 47.7 Å². The van der Waals surface area contributed by atoms with Crippen molar-refractivity contribution in [3.8, 4) is 0 Å². The van der Waals surface area contributed by atoms with Crippen LogP contribution in [-0.2, 0) is 13.9 Å². The predicted molar refractivity (Wildman–Crippen MR) is 98.8 cm³/mol. The first kappa shape index (κ1) is 19.9. The average Bonchev–Trinajstić information content (AvgIpc) is 2.62. The molecular formula is C19H32O3Si. The van der Waals surface area contributed by atoms with Gasteiger partial charge in [-0.3, -0.25) is 0 Å². The molecule has 0 aromatic heterocycles. The highest BCUT2D eigenvalue weighted by molar-refractivity contribution is 6.73. The molecule has 0 bridgehead atoms. The maximum atomic E-state index is 6.47. The van der Waals surface area contributed by atoms with E-state index < -0.39 is 14.6 Å². The Balaban J connectivity index is 2.85. The maximum absolute atomic E-state index is 6.47. The number of benzene rings is 1. The van der Waals surface area contributed by atoms with Crippen LogP contribution in [0.1, 0.15) is 46.3 Å². The monoisotopic (exact) mass is 336 g/mol. The van der Waals surface area contributed by atoms with E-state index in [9.17, 15) is 0 Å². The fraction of sp³-hybridized carbons (Fsp3) is 0.579. The quantitative estimate of drug-likeness (QED) is 0.313. The van der Waals surface area contributed by atoms with Crippen molar-refractivity contribution in [2.24, 2.45) is 0 Å². The Kier molecular flexibility index (Phi) is 8.59. The molecule has 0 saturated carbocycles. The molecule has 130 valence electrons. The lowest BCUT2D eigenvalue weighted by Gasteiger charge is -2.33. The van der Waals surface area contributed by atoms with Crippen molar-refractivity contribution >= 4 is 8.32 Å². The van der Waals surface area contributed by atoms with E-state index in [-0.39, 0.29) is 6.10 Å². The van der Waals surface area contributed by atoms with Gasteiger partial charge < -0.3 is 13.9 Å². The lowest BCUT2D eigenvalue weighted by Crippen LogP contribution is -2.38. The van der Waals surface area contributed by atoms with Crippen LogP contribution < -0.4 is 0 Å². The molecule has 0 radical (unpaired) electrons. The first-order valence-electron chi connectivity index (χ1n) is 8.64. The zero-order valence-electron chi connectivity index (χ0n) is 15.5. The minimum absolute atomic E-state index is 0.0550. The van der Waals surface area contributed by atoms with E-state index in [1.165, 1.54) is 0 Å². The zero-order valence-corrected chi connectivity index (χ0v) is 16.5. The predicted octanol–water partition coefficient (Wildman–Crippen LogP) is 5.66. The minimum atomic E-state index is -1.74. The summed E-state index contributed by atoms with van der Waals surface area (Å²) in [6.45, 7) is 10.7. The second kappa shape index (κ2) is 9.91. The first-order chi connectivity index (χ1) is 11.1. The Labute approximate surface area is 142 Å². The van der Waals surface area contributed by atoms with Gasteiger partial charge in [0.15, 0.2) is 0 Å². The summed E-state index contributed by atoms with van der Waals surface area (Å²) in [5.41, 5.74) is 1.13. The smallest absolute Gasteiger partial charge is 0.250 e. The molecule has 0 saturated heterocycles. The highest BCUT2D eigenvalue weighted by atomic mass is 28.4.